The Kier molecular flexibility index (Phi) is 4.88. The van der Waals surface area contributed by atoms with Gasteiger partial charge < -0.3 is 20.3 Å². The first-order valence-electron chi connectivity index (χ1n) is 8.14. The van der Waals surface area contributed by atoms with Crippen molar-refractivity contribution in [1.29, 1.82) is 0 Å². The molecule has 2 aromatic rings. The van der Waals surface area contributed by atoms with Crippen LogP contribution in [-0.2, 0) is 4.79 Å². The van der Waals surface area contributed by atoms with E-state index in [9.17, 15) is 9.59 Å². The molecule has 130 valence electrons. The van der Waals surface area contributed by atoms with E-state index in [0.717, 1.165) is 11.3 Å². The van der Waals surface area contributed by atoms with Crippen LogP contribution >= 0.6 is 0 Å². The molecule has 6 nitrogen and oxygen atoms in total. The summed E-state index contributed by atoms with van der Waals surface area (Å²) >= 11 is 0. The number of urea groups is 1. The Morgan fingerprint density at radius 2 is 1.88 bits per heavy atom. The normalized spacial score (nSPS) is 16.6. The molecule has 0 saturated carbocycles. The average Bonchev–Trinajstić information content (AvgIpc) is 2.96. The number of aryl methyl sites for hydroxylation is 1. The van der Waals surface area contributed by atoms with E-state index in [1.54, 1.807) is 24.1 Å². The van der Waals surface area contributed by atoms with E-state index in [0.29, 0.717) is 18.0 Å². The van der Waals surface area contributed by atoms with Crippen LogP contribution in [0.3, 0.4) is 0 Å². The second-order valence-electron chi connectivity index (χ2n) is 6.04. The molecule has 0 radical (unpaired) electrons. The number of carbonyl (C=O) groups is 2. The zero-order chi connectivity index (χ0) is 17.8. The summed E-state index contributed by atoms with van der Waals surface area (Å²) in [5.41, 5.74) is 2.58. The van der Waals surface area contributed by atoms with E-state index in [1.165, 1.54) is 0 Å². The van der Waals surface area contributed by atoms with Crippen LogP contribution in [0.4, 0.5) is 16.2 Å². The third-order valence-electron chi connectivity index (χ3n) is 4.16. The number of nitrogens with one attached hydrogen (secondary N) is 2. The summed E-state index contributed by atoms with van der Waals surface area (Å²) in [4.78, 5) is 26.2. The van der Waals surface area contributed by atoms with E-state index < -0.39 is 0 Å². The molecule has 1 aliphatic heterocycles. The van der Waals surface area contributed by atoms with Gasteiger partial charge in [0.25, 0.3) is 0 Å². The van der Waals surface area contributed by atoms with Crippen LogP contribution in [0.15, 0.2) is 48.5 Å². The lowest BCUT2D eigenvalue weighted by Crippen LogP contribution is -2.39. The van der Waals surface area contributed by atoms with Crippen LogP contribution in [0.25, 0.3) is 0 Å². The molecular weight excluding hydrogens is 318 g/mol. The second-order valence-corrected chi connectivity index (χ2v) is 6.04. The van der Waals surface area contributed by atoms with Gasteiger partial charge in [-0.25, -0.2) is 4.79 Å². The molecule has 2 aromatic carbocycles. The molecule has 1 atom stereocenters. The molecule has 25 heavy (non-hydrogen) atoms. The smallest absolute Gasteiger partial charge is 0.319 e. The van der Waals surface area contributed by atoms with Gasteiger partial charge >= 0.3 is 6.03 Å². The molecule has 0 aromatic heterocycles. The topological polar surface area (TPSA) is 70.7 Å². The molecular formula is C19H21N3O3. The SMILES string of the molecule is COc1ccccc1NC(=O)N[C@@H]1CC(=O)N(c2ccc(C)cc2)C1. The summed E-state index contributed by atoms with van der Waals surface area (Å²) in [5, 5.41) is 5.61. The number of amides is 3. The maximum Gasteiger partial charge on any atom is 0.319 e. The van der Waals surface area contributed by atoms with Gasteiger partial charge in [0, 0.05) is 18.7 Å². The average molecular weight is 339 g/mol. The Hall–Kier alpha value is -3.02. The van der Waals surface area contributed by atoms with Gasteiger partial charge in [-0.3, -0.25) is 4.79 Å². The molecule has 1 fully saturated rings. The molecule has 0 unspecified atom stereocenters. The van der Waals surface area contributed by atoms with Crippen molar-refractivity contribution < 1.29 is 14.3 Å². The fraction of sp³-hybridized carbons (Fsp3) is 0.263. The largest absolute Gasteiger partial charge is 0.495 e. The summed E-state index contributed by atoms with van der Waals surface area (Å²) in [6.07, 6.45) is 0.285. The van der Waals surface area contributed by atoms with E-state index in [-0.39, 0.29) is 24.4 Å². The minimum absolute atomic E-state index is 0.00597. The van der Waals surface area contributed by atoms with Crippen LogP contribution in [0, 0.1) is 6.92 Å². The number of hydrogen-bond acceptors (Lipinski definition) is 3. The molecule has 1 heterocycles. The van der Waals surface area contributed by atoms with E-state index in [2.05, 4.69) is 10.6 Å². The third-order valence-corrected chi connectivity index (χ3v) is 4.16. The number of anilines is 2. The molecule has 6 heteroatoms. The Labute approximate surface area is 146 Å². The quantitative estimate of drug-likeness (QED) is 0.900. The van der Waals surface area contributed by atoms with Gasteiger partial charge in [0.1, 0.15) is 5.75 Å². The Morgan fingerprint density at radius 1 is 1.16 bits per heavy atom. The van der Waals surface area contributed by atoms with Crippen LogP contribution in [0.2, 0.25) is 0 Å². The van der Waals surface area contributed by atoms with Gasteiger partial charge in [-0.15, -0.1) is 0 Å². The molecule has 3 amide bonds. The Balaban J connectivity index is 1.61. The summed E-state index contributed by atoms with van der Waals surface area (Å²) in [6, 6.07) is 14.4. The predicted molar refractivity (Wildman–Crippen MR) is 97.1 cm³/mol. The molecule has 1 aliphatic rings. The third kappa shape index (κ3) is 3.91. The van der Waals surface area contributed by atoms with Gasteiger partial charge in [0.15, 0.2) is 0 Å². The highest BCUT2D eigenvalue weighted by Gasteiger charge is 2.31. The number of carbonyl (C=O) groups excluding carboxylic acids is 2. The maximum absolute atomic E-state index is 12.2. The molecule has 0 bridgehead atoms. The van der Waals surface area contributed by atoms with Gasteiger partial charge in [-0.05, 0) is 31.2 Å². The lowest BCUT2D eigenvalue weighted by Gasteiger charge is -2.18. The van der Waals surface area contributed by atoms with Crippen molar-refractivity contribution in [3.05, 3.63) is 54.1 Å². The predicted octanol–water partition coefficient (Wildman–Crippen LogP) is 2.93. The van der Waals surface area contributed by atoms with Crippen molar-refractivity contribution >= 4 is 23.3 Å². The minimum atomic E-state index is -0.354. The summed E-state index contributed by atoms with van der Waals surface area (Å²) < 4.78 is 5.21. The van der Waals surface area contributed by atoms with E-state index >= 15 is 0 Å². The fourth-order valence-electron chi connectivity index (χ4n) is 2.87. The zero-order valence-electron chi connectivity index (χ0n) is 14.3. The minimum Gasteiger partial charge on any atom is -0.495 e. The van der Waals surface area contributed by atoms with Gasteiger partial charge in [0.05, 0.1) is 18.8 Å². The molecule has 1 saturated heterocycles. The summed E-state index contributed by atoms with van der Waals surface area (Å²) in [5.74, 6) is 0.591. The van der Waals surface area contributed by atoms with Crippen LogP contribution in [0.1, 0.15) is 12.0 Å². The second kappa shape index (κ2) is 7.25. The summed E-state index contributed by atoms with van der Waals surface area (Å²) in [7, 11) is 1.55. The zero-order valence-corrected chi connectivity index (χ0v) is 14.3. The highest BCUT2D eigenvalue weighted by Crippen LogP contribution is 2.24. The van der Waals surface area contributed by atoms with Crippen LogP contribution in [-0.4, -0.2) is 31.6 Å². The van der Waals surface area contributed by atoms with Crippen LogP contribution < -0.4 is 20.3 Å². The van der Waals surface area contributed by atoms with Crippen molar-refractivity contribution in [2.24, 2.45) is 0 Å². The molecule has 0 aliphatic carbocycles. The highest BCUT2D eigenvalue weighted by molar-refractivity contribution is 5.97. The first-order valence-corrected chi connectivity index (χ1v) is 8.14. The first-order chi connectivity index (χ1) is 12.1. The van der Waals surface area contributed by atoms with Gasteiger partial charge in [-0.1, -0.05) is 29.8 Å². The number of rotatable bonds is 4. The first kappa shape index (κ1) is 16.8. The summed E-state index contributed by atoms with van der Waals surface area (Å²) in [6.45, 7) is 2.46. The highest BCUT2D eigenvalue weighted by atomic mass is 16.5. The van der Waals surface area contributed by atoms with Gasteiger partial charge in [-0.2, -0.15) is 0 Å². The Morgan fingerprint density at radius 3 is 2.60 bits per heavy atom. The van der Waals surface area contributed by atoms with Crippen molar-refractivity contribution in [3.63, 3.8) is 0 Å². The number of methoxy groups -OCH3 is 1. The number of nitrogens with zero attached hydrogens (tertiary/aromatic N) is 1. The number of hydrogen-bond donors (Lipinski definition) is 2. The molecule has 0 spiro atoms. The lowest BCUT2D eigenvalue weighted by molar-refractivity contribution is -0.117. The van der Waals surface area contributed by atoms with Gasteiger partial charge in [0.2, 0.25) is 5.91 Å². The monoisotopic (exact) mass is 339 g/mol. The van der Waals surface area contributed by atoms with E-state index in [1.807, 2.05) is 43.3 Å². The number of para-hydroxylation sites is 2. The van der Waals surface area contributed by atoms with Crippen molar-refractivity contribution in [1.82, 2.24) is 5.32 Å². The Bertz CT molecular complexity index is 774. The molecule has 2 N–H and O–H groups in total. The standard InChI is InChI=1S/C19H21N3O3/c1-13-7-9-15(10-8-13)22-12-14(11-18(22)23)20-19(24)21-16-5-3-4-6-17(16)25-2/h3-10,14H,11-12H2,1-2H3,(H2,20,21,24)/t14-/m1/s1. The number of ether oxygens (including phenoxy) is 1. The van der Waals surface area contributed by atoms with Crippen molar-refractivity contribution in [2.75, 3.05) is 23.9 Å². The van der Waals surface area contributed by atoms with Crippen molar-refractivity contribution in [3.8, 4) is 5.75 Å². The lowest BCUT2D eigenvalue weighted by atomic mass is 10.2. The maximum atomic E-state index is 12.2. The fourth-order valence-corrected chi connectivity index (χ4v) is 2.87. The number of benzene rings is 2. The van der Waals surface area contributed by atoms with Crippen LogP contribution in [0.5, 0.6) is 5.75 Å². The molecule has 3 rings (SSSR count). The van der Waals surface area contributed by atoms with Crippen molar-refractivity contribution in [2.45, 2.75) is 19.4 Å². The van der Waals surface area contributed by atoms with E-state index in [4.69, 9.17) is 4.74 Å².